The van der Waals surface area contributed by atoms with E-state index in [2.05, 4.69) is 61.0 Å². The molecule has 3 heteroatoms. The maximum atomic E-state index is 3.55. The summed E-state index contributed by atoms with van der Waals surface area (Å²) in [6.07, 6.45) is 2.17. The van der Waals surface area contributed by atoms with Gasteiger partial charge in [-0.3, -0.25) is 0 Å². The lowest BCUT2D eigenvalue weighted by molar-refractivity contribution is 0.562. The predicted molar refractivity (Wildman–Crippen MR) is 89.0 cm³/mol. The lowest BCUT2D eigenvalue weighted by atomic mass is 10.2. The molecular weight excluding hydrogens is 270 g/mol. The Balaban J connectivity index is 1.85. The molecular formula is C16H21NS2. The molecule has 0 amide bonds. The van der Waals surface area contributed by atoms with E-state index in [0.717, 1.165) is 19.0 Å². The highest BCUT2D eigenvalue weighted by molar-refractivity contribution is 7.98. The average Bonchev–Trinajstić information content (AvgIpc) is 2.89. The maximum absolute atomic E-state index is 3.55. The summed E-state index contributed by atoms with van der Waals surface area (Å²) in [7, 11) is 0. The Bertz CT molecular complexity index is 479. The molecule has 0 fully saturated rings. The van der Waals surface area contributed by atoms with Crippen LogP contribution in [0.5, 0.6) is 0 Å². The first kappa shape index (κ1) is 14.6. The topological polar surface area (TPSA) is 12.0 Å². The Morgan fingerprint density at radius 3 is 2.68 bits per heavy atom. The predicted octanol–water partition coefficient (Wildman–Crippen LogP) is 4.50. The number of hydrogen-bond donors (Lipinski definition) is 1. The SMILES string of the molecule is CSCC(C)CNCc1ccc(-c2ccccc2)s1. The van der Waals surface area contributed by atoms with E-state index in [9.17, 15) is 0 Å². The van der Waals surface area contributed by atoms with Crippen LogP contribution in [0.3, 0.4) is 0 Å². The van der Waals surface area contributed by atoms with Gasteiger partial charge in [-0.2, -0.15) is 11.8 Å². The van der Waals surface area contributed by atoms with Crippen LogP contribution in [0.4, 0.5) is 0 Å². The summed E-state index contributed by atoms with van der Waals surface area (Å²) in [5.41, 5.74) is 1.31. The molecule has 2 rings (SSSR count). The highest BCUT2D eigenvalue weighted by Gasteiger charge is 2.04. The molecule has 1 N–H and O–H groups in total. The average molecular weight is 291 g/mol. The monoisotopic (exact) mass is 291 g/mol. The summed E-state index contributed by atoms with van der Waals surface area (Å²) in [6.45, 7) is 4.38. The smallest absolute Gasteiger partial charge is 0.0346 e. The molecule has 1 unspecified atom stereocenters. The van der Waals surface area contributed by atoms with E-state index in [0.29, 0.717) is 0 Å². The summed E-state index contributed by atoms with van der Waals surface area (Å²) in [5.74, 6) is 1.97. The van der Waals surface area contributed by atoms with E-state index in [4.69, 9.17) is 0 Å². The molecule has 1 nitrogen and oxygen atoms in total. The second-order valence-corrected chi connectivity index (χ2v) is 6.90. The van der Waals surface area contributed by atoms with Crippen molar-refractivity contribution in [3.8, 4) is 10.4 Å². The van der Waals surface area contributed by atoms with Crippen LogP contribution in [0.25, 0.3) is 10.4 Å². The molecule has 0 aliphatic heterocycles. The summed E-state index contributed by atoms with van der Waals surface area (Å²) < 4.78 is 0. The standard InChI is InChI=1S/C16H21NS2/c1-13(12-18-2)10-17-11-15-8-9-16(19-15)14-6-4-3-5-7-14/h3-9,13,17H,10-12H2,1-2H3. The van der Waals surface area contributed by atoms with Crippen LogP contribution >= 0.6 is 23.1 Å². The normalized spacial score (nSPS) is 12.5. The molecule has 0 aliphatic rings. The third kappa shape index (κ3) is 4.68. The summed E-state index contributed by atoms with van der Waals surface area (Å²) in [5, 5.41) is 3.55. The molecule has 0 bridgehead atoms. The Labute approximate surface area is 124 Å². The summed E-state index contributed by atoms with van der Waals surface area (Å²) in [6, 6.07) is 15.1. The van der Waals surface area contributed by atoms with Gasteiger partial charge in [0.2, 0.25) is 0 Å². The minimum Gasteiger partial charge on any atom is -0.312 e. The van der Waals surface area contributed by atoms with Crippen molar-refractivity contribution in [2.24, 2.45) is 5.92 Å². The van der Waals surface area contributed by atoms with Crippen LogP contribution in [0.2, 0.25) is 0 Å². The highest BCUT2D eigenvalue weighted by atomic mass is 32.2. The first-order chi connectivity index (χ1) is 9.29. The van der Waals surface area contributed by atoms with Crippen LogP contribution in [0.15, 0.2) is 42.5 Å². The van der Waals surface area contributed by atoms with Gasteiger partial charge in [0.25, 0.3) is 0 Å². The number of benzene rings is 1. The third-order valence-corrected chi connectivity index (χ3v) is 5.00. The van der Waals surface area contributed by atoms with Gasteiger partial charge in [0, 0.05) is 16.3 Å². The first-order valence-corrected chi connectivity index (χ1v) is 8.84. The zero-order valence-corrected chi connectivity index (χ0v) is 13.2. The van der Waals surface area contributed by atoms with Gasteiger partial charge in [0.1, 0.15) is 0 Å². The molecule has 102 valence electrons. The molecule has 0 radical (unpaired) electrons. The second kappa shape index (κ2) is 7.73. The number of rotatable bonds is 7. The summed E-state index contributed by atoms with van der Waals surface area (Å²) >= 11 is 3.80. The van der Waals surface area contributed by atoms with E-state index in [1.165, 1.54) is 21.1 Å². The van der Waals surface area contributed by atoms with Crippen molar-refractivity contribution in [1.82, 2.24) is 5.32 Å². The van der Waals surface area contributed by atoms with Gasteiger partial charge in [0.05, 0.1) is 0 Å². The van der Waals surface area contributed by atoms with Crippen molar-refractivity contribution in [2.45, 2.75) is 13.5 Å². The van der Waals surface area contributed by atoms with Gasteiger partial charge < -0.3 is 5.32 Å². The highest BCUT2D eigenvalue weighted by Crippen LogP contribution is 2.27. The fourth-order valence-electron chi connectivity index (χ4n) is 2.02. The van der Waals surface area contributed by atoms with Crippen molar-refractivity contribution in [1.29, 1.82) is 0 Å². The van der Waals surface area contributed by atoms with Gasteiger partial charge in [-0.25, -0.2) is 0 Å². The lowest BCUT2D eigenvalue weighted by Crippen LogP contribution is -2.21. The van der Waals surface area contributed by atoms with Crippen molar-refractivity contribution >= 4 is 23.1 Å². The fraction of sp³-hybridized carbons (Fsp3) is 0.375. The van der Waals surface area contributed by atoms with Gasteiger partial charge in [0.15, 0.2) is 0 Å². The molecule has 0 saturated carbocycles. The van der Waals surface area contributed by atoms with E-state index in [1.807, 2.05) is 23.1 Å². The first-order valence-electron chi connectivity index (χ1n) is 6.63. The largest absolute Gasteiger partial charge is 0.312 e. The molecule has 1 aromatic heterocycles. The molecule has 0 aliphatic carbocycles. The number of thiophene rings is 1. The minimum atomic E-state index is 0.739. The zero-order chi connectivity index (χ0) is 13.5. The molecule has 0 spiro atoms. The van der Waals surface area contributed by atoms with Crippen molar-refractivity contribution in [2.75, 3.05) is 18.6 Å². The Morgan fingerprint density at radius 1 is 1.16 bits per heavy atom. The van der Waals surface area contributed by atoms with E-state index < -0.39 is 0 Å². The van der Waals surface area contributed by atoms with E-state index in [1.54, 1.807) is 0 Å². The second-order valence-electron chi connectivity index (χ2n) is 4.82. The summed E-state index contributed by atoms with van der Waals surface area (Å²) in [4.78, 5) is 2.77. The van der Waals surface area contributed by atoms with Crippen molar-refractivity contribution in [3.63, 3.8) is 0 Å². The maximum Gasteiger partial charge on any atom is 0.0346 e. The van der Waals surface area contributed by atoms with Crippen LogP contribution < -0.4 is 5.32 Å². The fourth-order valence-corrected chi connectivity index (χ4v) is 3.69. The van der Waals surface area contributed by atoms with Gasteiger partial charge in [-0.1, -0.05) is 37.3 Å². The van der Waals surface area contributed by atoms with E-state index in [-0.39, 0.29) is 0 Å². The number of thioether (sulfide) groups is 1. The van der Waals surface area contributed by atoms with Crippen LogP contribution in [-0.2, 0) is 6.54 Å². The van der Waals surface area contributed by atoms with Crippen molar-refractivity contribution < 1.29 is 0 Å². The molecule has 0 saturated heterocycles. The minimum absolute atomic E-state index is 0.739. The Morgan fingerprint density at radius 2 is 1.95 bits per heavy atom. The molecule has 2 aromatic rings. The lowest BCUT2D eigenvalue weighted by Gasteiger charge is -2.10. The van der Waals surface area contributed by atoms with Gasteiger partial charge >= 0.3 is 0 Å². The van der Waals surface area contributed by atoms with Crippen molar-refractivity contribution in [3.05, 3.63) is 47.3 Å². The van der Waals surface area contributed by atoms with Crippen LogP contribution in [-0.4, -0.2) is 18.6 Å². The Kier molecular flexibility index (Phi) is 5.95. The van der Waals surface area contributed by atoms with Crippen LogP contribution in [0.1, 0.15) is 11.8 Å². The Hall–Kier alpha value is -0.770. The molecule has 1 heterocycles. The number of hydrogen-bond acceptors (Lipinski definition) is 3. The number of nitrogens with one attached hydrogen (secondary N) is 1. The molecule has 1 aromatic carbocycles. The molecule has 1 atom stereocenters. The molecule has 19 heavy (non-hydrogen) atoms. The van der Waals surface area contributed by atoms with Crippen LogP contribution in [0, 0.1) is 5.92 Å². The zero-order valence-electron chi connectivity index (χ0n) is 11.6. The van der Waals surface area contributed by atoms with Gasteiger partial charge in [-0.15, -0.1) is 11.3 Å². The third-order valence-electron chi connectivity index (χ3n) is 2.96. The van der Waals surface area contributed by atoms with Gasteiger partial charge in [-0.05, 0) is 42.2 Å². The van der Waals surface area contributed by atoms with E-state index >= 15 is 0 Å². The quantitative estimate of drug-likeness (QED) is 0.806.